The Labute approximate surface area is 107 Å². The molecule has 2 N–H and O–H groups in total. The van der Waals surface area contributed by atoms with Crippen LogP contribution in [0.15, 0.2) is 24.3 Å². The fourth-order valence-corrected chi connectivity index (χ4v) is 2.27. The predicted octanol–water partition coefficient (Wildman–Crippen LogP) is 1.63. The lowest BCUT2D eigenvalue weighted by atomic mass is 10.1. The first-order valence-electron chi connectivity index (χ1n) is 6.48. The maximum absolute atomic E-state index is 12.9. The molecule has 1 aromatic rings. The monoisotopic (exact) mass is 250 g/mol. The normalized spacial score (nSPS) is 18.8. The van der Waals surface area contributed by atoms with E-state index in [2.05, 4.69) is 10.6 Å². The van der Waals surface area contributed by atoms with E-state index in [-0.39, 0.29) is 11.7 Å². The molecule has 3 nitrogen and oxygen atoms in total. The molecule has 0 radical (unpaired) electrons. The first-order valence-corrected chi connectivity index (χ1v) is 6.48. The summed E-state index contributed by atoms with van der Waals surface area (Å²) in [7, 11) is 0. The van der Waals surface area contributed by atoms with Crippen LogP contribution in [0.2, 0.25) is 0 Å². The zero-order valence-electron chi connectivity index (χ0n) is 10.4. The summed E-state index contributed by atoms with van der Waals surface area (Å²) in [5.41, 5.74) is 0.911. The van der Waals surface area contributed by atoms with Gasteiger partial charge in [0.05, 0.1) is 0 Å². The molecule has 1 amide bonds. The van der Waals surface area contributed by atoms with Crippen molar-refractivity contribution in [1.82, 2.24) is 10.6 Å². The van der Waals surface area contributed by atoms with E-state index >= 15 is 0 Å². The molecule has 4 heteroatoms. The molecule has 1 aromatic carbocycles. The topological polar surface area (TPSA) is 41.1 Å². The van der Waals surface area contributed by atoms with Crippen molar-refractivity contribution in [2.45, 2.75) is 31.7 Å². The van der Waals surface area contributed by atoms with Gasteiger partial charge in [0.1, 0.15) is 5.82 Å². The number of hydrogen-bond donors (Lipinski definition) is 2. The van der Waals surface area contributed by atoms with Gasteiger partial charge in [0.2, 0.25) is 5.91 Å². The molecule has 1 saturated heterocycles. The molecule has 1 aliphatic rings. The van der Waals surface area contributed by atoms with Crippen molar-refractivity contribution in [3.05, 3.63) is 35.6 Å². The van der Waals surface area contributed by atoms with Gasteiger partial charge in [0.25, 0.3) is 0 Å². The SMILES string of the molecule is O=C(CC1CCCN1)NCCc1cccc(F)c1. The molecule has 0 aliphatic carbocycles. The maximum atomic E-state index is 12.9. The van der Waals surface area contributed by atoms with Crippen LogP contribution >= 0.6 is 0 Å². The average Bonchev–Trinajstić information content (AvgIpc) is 2.82. The number of benzene rings is 1. The van der Waals surface area contributed by atoms with E-state index in [0.717, 1.165) is 24.9 Å². The third-order valence-corrected chi connectivity index (χ3v) is 3.22. The second-order valence-corrected chi connectivity index (χ2v) is 4.73. The maximum Gasteiger partial charge on any atom is 0.221 e. The zero-order valence-corrected chi connectivity index (χ0v) is 10.4. The number of rotatable bonds is 5. The van der Waals surface area contributed by atoms with Crippen LogP contribution in [0.1, 0.15) is 24.8 Å². The van der Waals surface area contributed by atoms with Gasteiger partial charge in [-0.1, -0.05) is 12.1 Å². The van der Waals surface area contributed by atoms with Gasteiger partial charge in [-0.2, -0.15) is 0 Å². The average molecular weight is 250 g/mol. The smallest absolute Gasteiger partial charge is 0.221 e. The van der Waals surface area contributed by atoms with Crippen molar-refractivity contribution >= 4 is 5.91 Å². The molecule has 0 aromatic heterocycles. The first-order chi connectivity index (χ1) is 8.74. The number of nitrogens with one attached hydrogen (secondary N) is 2. The molecule has 1 aliphatic heterocycles. The Kier molecular flexibility index (Phi) is 4.70. The van der Waals surface area contributed by atoms with Crippen molar-refractivity contribution in [3.63, 3.8) is 0 Å². The molecule has 1 atom stereocenters. The zero-order chi connectivity index (χ0) is 12.8. The van der Waals surface area contributed by atoms with E-state index in [4.69, 9.17) is 0 Å². The van der Waals surface area contributed by atoms with Crippen LogP contribution in [0, 0.1) is 5.82 Å². The Bertz CT molecular complexity index is 403. The van der Waals surface area contributed by atoms with Crippen LogP contribution < -0.4 is 10.6 Å². The van der Waals surface area contributed by atoms with Gasteiger partial charge in [-0.05, 0) is 43.5 Å². The first kappa shape index (κ1) is 13.0. The molecule has 18 heavy (non-hydrogen) atoms. The minimum absolute atomic E-state index is 0.0748. The highest BCUT2D eigenvalue weighted by Gasteiger charge is 2.17. The molecule has 2 rings (SSSR count). The van der Waals surface area contributed by atoms with Crippen molar-refractivity contribution in [3.8, 4) is 0 Å². The quantitative estimate of drug-likeness (QED) is 0.834. The number of carbonyl (C=O) groups excluding carboxylic acids is 1. The molecule has 0 spiro atoms. The summed E-state index contributed by atoms with van der Waals surface area (Å²) in [6, 6.07) is 6.82. The van der Waals surface area contributed by atoms with Gasteiger partial charge < -0.3 is 10.6 Å². The van der Waals surface area contributed by atoms with E-state index in [1.807, 2.05) is 6.07 Å². The fraction of sp³-hybridized carbons (Fsp3) is 0.500. The minimum Gasteiger partial charge on any atom is -0.356 e. The third kappa shape index (κ3) is 4.11. The molecule has 98 valence electrons. The van der Waals surface area contributed by atoms with E-state index < -0.39 is 0 Å². The Hall–Kier alpha value is -1.42. The van der Waals surface area contributed by atoms with Gasteiger partial charge in [-0.15, -0.1) is 0 Å². The van der Waals surface area contributed by atoms with Crippen LogP contribution in [0.25, 0.3) is 0 Å². The second kappa shape index (κ2) is 6.50. The van der Waals surface area contributed by atoms with Crippen LogP contribution in [0.4, 0.5) is 4.39 Å². The number of hydrogen-bond acceptors (Lipinski definition) is 2. The molecule has 0 bridgehead atoms. The highest BCUT2D eigenvalue weighted by molar-refractivity contribution is 5.76. The Balaban J connectivity index is 1.66. The molecule has 0 saturated carbocycles. The van der Waals surface area contributed by atoms with Crippen LogP contribution in [0.3, 0.4) is 0 Å². The highest BCUT2D eigenvalue weighted by atomic mass is 19.1. The summed E-state index contributed by atoms with van der Waals surface area (Å²) in [5, 5.41) is 6.17. The lowest BCUT2D eigenvalue weighted by molar-refractivity contribution is -0.121. The summed E-state index contributed by atoms with van der Waals surface area (Å²) < 4.78 is 12.9. The molecular weight excluding hydrogens is 231 g/mol. The number of amides is 1. The van der Waals surface area contributed by atoms with Gasteiger partial charge in [-0.3, -0.25) is 4.79 Å². The van der Waals surface area contributed by atoms with Crippen molar-refractivity contribution in [2.24, 2.45) is 0 Å². The standard InChI is InChI=1S/C14H19FN2O/c15-12-4-1-3-11(9-12)6-8-17-14(18)10-13-5-2-7-16-13/h1,3-4,9,13,16H,2,5-8,10H2,(H,17,18). The number of carbonyl (C=O) groups is 1. The van der Waals surface area contributed by atoms with Crippen LogP contribution in [-0.4, -0.2) is 25.0 Å². The predicted molar refractivity (Wildman–Crippen MR) is 68.8 cm³/mol. The Morgan fingerprint density at radius 1 is 1.50 bits per heavy atom. The van der Waals surface area contributed by atoms with Gasteiger partial charge >= 0.3 is 0 Å². The Morgan fingerprint density at radius 3 is 3.11 bits per heavy atom. The van der Waals surface area contributed by atoms with E-state index in [9.17, 15) is 9.18 Å². The van der Waals surface area contributed by atoms with Gasteiger partial charge in [0.15, 0.2) is 0 Å². The molecular formula is C14H19FN2O. The van der Waals surface area contributed by atoms with Crippen LogP contribution in [-0.2, 0) is 11.2 Å². The summed E-state index contributed by atoms with van der Waals surface area (Å²) >= 11 is 0. The van der Waals surface area contributed by atoms with Crippen LogP contribution in [0.5, 0.6) is 0 Å². The van der Waals surface area contributed by atoms with Crippen molar-refractivity contribution in [2.75, 3.05) is 13.1 Å². The molecule has 1 heterocycles. The fourth-order valence-electron chi connectivity index (χ4n) is 2.27. The summed E-state index contributed by atoms with van der Waals surface area (Å²) in [5.74, 6) is -0.153. The summed E-state index contributed by atoms with van der Waals surface area (Å²) in [4.78, 5) is 11.6. The van der Waals surface area contributed by atoms with Crippen molar-refractivity contribution < 1.29 is 9.18 Å². The van der Waals surface area contributed by atoms with E-state index in [1.54, 1.807) is 6.07 Å². The van der Waals surface area contributed by atoms with Crippen molar-refractivity contribution in [1.29, 1.82) is 0 Å². The largest absolute Gasteiger partial charge is 0.356 e. The number of halogens is 1. The summed E-state index contributed by atoms with van der Waals surface area (Å²) in [6.45, 7) is 1.58. The lowest BCUT2D eigenvalue weighted by Crippen LogP contribution is -2.32. The van der Waals surface area contributed by atoms with Gasteiger partial charge in [0, 0.05) is 19.0 Å². The highest BCUT2D eigenvalue weighted by Crippen LogP contribution is 2.08. The molecule has 1 unspecified atom stereocenters. The second-order valence-electron chi connectivity index (χ2n) is 4.73. The Morgan fingerprint density at radius 2 is 2.39 bits per heavy atom. The summed E-state index contributed by atoms with van der Waals surface area (Å²) in [6.07, 6.45) is 3.45. The van der Waals surface area contributed by atoms with E-state index in [0.29, 0.717) is 25.4 Å². The molecule has 1 fully saturated rings. The van der Waals surface area contributed by atoms with E-state index in [1.165, 1.54) is 12.1 Å². The van der Waals surface area contributed by atoms with Gasteiger partial charge in [-0.25, -0.2) is 4.39 Å². The third-order valence-electron chi connectivity index (χ3n) is 3.22. The minimum atomic E-state index is -0.228. The lowest BCUT2D eigenvalue weighted by Gasteiger charge is -2.10.